The highest BCUT2D eigenvalue weighted by Gasteiger charge is 2.08. The molecule has 0 unspecified atom stereocenters. The lowest BCUT2D eigenvalue weighted by Crippen LogP contribution is -2.37. The van der Waals surface area contributed by atoms with Crippen molar-refractivity contribution in [2.24, 2.45) is 0 Å². The van der Waals surface area contributed by atoms with E-state index in [0.717, 1.165) is 34.2 Å². The highest BCUT2D eigenvalue weighted by atomic mass is 32.2. The van der Waals surface area contributed by atoms with Crippen molar-refractivity contribution in [3.05, 3.63) is 18.2 Å². The predicted molar refractivity (Wildman–Crippen MR) is 85.7 cm³/mol. The molecule has 0 spiro atoms. The molecule has 4 nitrogen and oxygen atoms in total. The summed E-state index contributed by atoms with van der Waals surface area (Å²) in [6.45, 7) is 10.2. The minimum Gasteiger partial charge on any atom is -0.494 e. The Morgan fingerprint density at radius 3 is 2.85 bits per heavy atom. The quantitative estimate of drug-likeness (QED) is 0.633. The monoisotopic (exact) mass is 293 g/mol. The average Bonchev–Trinajstić information content (AvgIpc) is 2.76. The predicted octanol–water partition coefficient (Wildman–Crippen LogP) is 3.44. The maximum Gasteiger partial charge on any atom is 0.166 e. The second-order valence-electron chi connectivity index (χ2n) is 5.68. The van der Waals surface area contributed by atoms with Crippen molar-refractivity contribution in [3.8, 4) is 5.75 Å². The molecule has 0 atom stereocenters. The fraction of sp³-hybridized carbons (Fsp3) is 0.533. The van der Waals surface area contributed by atoms with Crippen molar-refractivity contribution in [1.82, 2.24) is 15.3 Å². The average molecular weight is 293 g/mol. The Labute approximate surface area is 124 Å². The maximum atomic E-state index is 5.49. The molecule has 0 saturated carbocycles. The molecule has 2 N–H and O–H groups in total. The minimum atomic E-state index is 0.167. The Bertz CT molecular complexity index is 560. The molecule has 0 aliphatic heterocycles. The number of hydrogen-bond acceptors (Lipinski definition) is 4. The van der Waals surface area contributed by atoms with E-state index in [1.807, 2.05) is 25.1 Å². The van der Waals surface area contributed by atoms with Gasteiger partial charge in [0, 0.05) is 23.9 Å². The third-order valence-electron chi connectivity index (χ3n) is 2.74. The first kappa shape index (κ1) is 15.2. The number of nitrogens with zero attached hydrogens (tertiary/aromatic N) is 1. The number of aromatic nitrogens is 2. The summed E-state index contributed by atoms with van der Waals surface area (Å²) in [6.07, 6.45) is 0. The van der Waals surface area contributed by atoms with Crippen LogP contribution < -0.4 is 10.1 Å². The molecule has 0 amide bonds. The molecule has 5 heteroatoms. The summed E-state index contributed by atoms with van der Waals surface area (Å²) in [5.41, 5.74) is 2.18. The molecule has 20 heavy (non-hydrogen) atoms. The zero-order chi connectivity index (χ0) is 14.6. The van der Waals surface area contributed by atoms with Crippen LogP contribution >= 0.6 is 11.8 Å². The van der Waals surface area contributed by atoms with E-state index >= 15 is 0 Å². The van der Waals surface area contributed by atoms with Crippen LogP contribution in [-0.4, -0.2) is 34.4 Å². The number of nitrogens with one attached hydrogen (secondary N) is 2. The number of hydrogen-bond donors (Lipinski definition) is 2. The van der Waals surface area contributed by atoms with Gasteiger partial charge in [-0.2, -0.15) is 0 Å². The number of fused-ring (bicyclic) bond motifs is 1. The van der Waals surface area contributed by atoms with Crippen LogP contribution in [0.5, 0.6) is 5.75 Å². The molecular weight excluding hydrogens is 270 g/mol. The number of thioether (sulfide) groups is 1. The van der Waals surface area contributed by atoms with Gasteiger partial charge in [-0.25, -0.2) is 4.98 Å². The van der Waals surface area contributed by atoms with Crippen LogP contribution in [0, 0.1) is 0 Å². The van der Waals surface area contributed by atoms with E-state index in [0.29, 0.717) is 6.61 Å². The number of H-pyrrole nitrogens is 1. The van der Waals surface area contributed by atoms with Gasteiger partial charge in [-0.15, -0.1) is 0 Å². The van der Waals surface area contributed by atoms with Crippen LogP contribution in [-0.2, 0) is 0 Å². The fourth-order valence-corrected chi connectivity index (χ4v) is 2.61. The summed E-state index contributed by atoms with van der Waals surface area (Å²) in [5, 5.41) is 4.43. The van der Waals surface area contributed by atoms with Gasteiger partial charge in [0.05, 0.1) is 17.6 Å². The zero-order valence-electron chi connectivity index (χ0n) is 12.6. The summed E-state index contributed by atoms with van der Waals surface area (Å²) >= 11 is 1.74. The summed E-state index contributed by atoms with van der Waals surface area (Å²) in [4.78, 5) is 7.91. The second kappa shape index (κ2) is 6.50. The van der Waals surface area contributed by atoms with Crippen LogP contribution in [0.25, 0.3) is 11.0 Å². The first-order valence-corrected chi connectivity index (χ1v) is 7.97. The number of ether oxygens (including phenoxy) is 1. The second-order valence-corrected chi connectivity index (χ2v) is 6.76. The standard InChI is InChI=1S/C15H23N3OS/c1-5-19-11-6-7-12-13(10-11)18-14(17-12)20-9-8-16-15(2,3)4/h6-7,10,16H,5,8-9H2,1-4H3,(H,17,18). The van der Waals surface area contributed by atoms with Crippen molar-refractivity contribution in [3.63, 3.8) is 0 Å². The van der Waals surface area contributed by atoms with E-state index in [2.05, 4.69) is 36.1 Å². The van der Waals surface area contributed by atoms with E-state index < -0.39 is 0 Å². The van der Waals surface area contributed by atoms with Crippen LogP contribution in [0.1, 0.15) is 27.7 Å². The maximum absolute atomic E-state index is 5.49. The molecule has 0 radical (unpaired) electrons. The molecule has 1 heterocycles. The Balaban J connectivity index is 1.94. The van der Waals surface area contributed by atoms with Gasteiger partial charge in [-0.05, 0) is 39.8 Å². The number of aromatic amines is 1. The summed E-state index contributed by atoms with van der Waals surface area (Å²) in [7, 11) is 0. The van der Waals surface area contributed by atoms with Crippen molar-refractivity contribution >= 4 is 22.8 Å². The Hall–Kier alpha value is -1.20. The molecule has 1 aromatic carbocycles. The van der Waals surface area contributed by atoms with E-state index in [9.17, 15) is 0 Å². The lowest BCUT2D eigenvalue weighted by molar-refractivity contribution is 0.340. The molecule has 110 valence electrons. The molecule has 0 fully saturated rings. The van der Waals surface area contributed by atoms with E-state index in [4.69, 9.17) is 4.74 Å². The van der Waals surface area contributed by atoms with Gasteiger partial charge in [0.1, 0.15) is 5.75 Å². The molecule has 1 aromatic heterocycles. The van der Waals surface area contributed by atoms with Crippen molar-refractivity contribution < 1.29 is 4.74 Å². The Kier molecular flexibility index (Phi) is 4.94. The van der Waals surface area contributed by atoms with Gasteiger partial charge >= 0.3 is 0 Å². The largest absolute Gasteiger partial charge is 0.494 e. The third-order valence-corrected chi connectivity index (χ3v) is 3.61. The molecular formula is C15H23N3OS. The van der Waals surface area contributed by atoms with Gasteiger partial charge in [0.15, 0.2) is 5.16 Å². The molecule has 2 aromatic rings. The third kappa shape index (κ3) is 4.42. The smallest absolute Gasteiger partial charge is 0.166 e. The van der Waals surface area contributed by atoms with Gasteiger partial charge in [-0.3, -0.25) is 0 Å². The highest BCUT2D eigenvalue weighted by molar-refractivity contribution is 7.99. The van der Waals surface area contributed by atoms with Crippen LogP contribution in [0.4, 0.5) is 0 Å². The lowest BCUT2D eigenvalue weighted by atomic mass is 10.1. The molecule has 0 aliphatic carbocycles. The Morgan fingerprint density at radius 1 is 1.35 bits per heavy atom. The molecule has 0 saturated heterocycles. The number of benzene rings is 1. The first-order chi connectivity index (χ1) is 9.48. The van der Waals surface area contributed by atoms with Crippen LogP contribution in [0.2, 0.25) is 0 Å². The van der Waals surface area contributed by atoms with E-state index in [1.54, 1.807) is 11.8 Å². The summed E-state index contributed by atoms with van der Waals surface area (Å²) < 4.78 is 5.49. The Morgan fingerprint density at radius 2 is 2.15 bits per heavy atom. The van der Waals surface area contributed by atoms with Gasteiger partial charge < -0.3 is 15.0 Å². The van der Waals surface area contributed by atoms with E-state index in [-0.39, 0.29) is 5.54 Å². The van der Waals surface area contributed by atoms with Gasteiger partial charge in [0.25, 0.3) is 0 Å². The minimum absolute atomic E-state index is 0.167. The lowest BCUT2D eigenvalue weighted by Gasteiger charge is -2.19. The SMILES string of the molecule is CCOc1ccc2nc(SCCNC(C)(C)C)[nH]c2c1. The molecule has 0 bridgehead atoms. The number of rotatable bonds is 6. The summed E-state index contributed by atoms with van der Waals surface area (Å²) in [6, 6.07) is 5.96. The normalized spacial score (nSPS) is 12.0. The van der Waals surface area contributed by atoms with Crippen molar-refractivity contribution in [2.45, 2.75) is 38.4 Å². The first-order valence-electron chi connectivity index (χ1n) is 6.98. The van der Waals surface area contributed by atoms with Gasteiger partial charge in [0.2, 0.25) is 0 Å². The summed E-state index contributed by atoms with van der Waals surface area (Å²) in [5.74, 6) is 1.88. The van der Waals surface area contributed by atoms with Crippen molar-refractivity contribution in [1.29, 1.82) is 0 Å². The van der Waals surface area contributed by atoms with Crippen LogP contribution in [0.15, 0.2) is 23.4 Å². The number of imidazole rings is 1. The topological polar surface area (TPSA) is 49.9 Å². The highest BCUT2D eigenvalue weighted by Crippen LogP contribution is 2.23. The van der Waals surface area contributed by atoms with E-state index in [1.165, 1.54) is 0 Å². The van der Waals surface area contributed by atoms with Crippen molar-refractivity contribution in [2.75, 3.05) is 18.9 Å². The van der Waals surface area contributed by atoms with Gasteiger partial charge in [-0.1, -0.05) is 11.8 Å². The molecule has 2 rings (SSSR count). The zero-order valence-corrected chi connectivity index (χ0v) is 13.4. The molecule has 0 aliphatic rings. The fourth-order valence-electron chi connectivity index (χ4n) is 1.86. The van der Waals surface area contributed by atoms with Crippen LogP contribution in [0.3, 0.4) is 0 Å².